The number of nitrogens with two attached hydrogens (primary N) is 1. The molecule has 4 rings (SSSR count). The van der Waals surface area contributed by atoms with Crippen LogP contribution in [0.5, 0.6) is 0 Å². The molecule has 1 fully saturated rings. The minimum absolute atomic E-state index is 0.286. The summed E-state index contributed by atoms with van der Waals surface area (Å²) >= 11 is 0. The van der Waals surface area contributed by atoms with Crippen LogP contribution >= 0.6 is 0 Å². The van der Waals surface area contributed by atoms with Crippen molar-refractivity contribution in [2.45, 2.75) is 25.4 Å². The maximum Gasteiger partial charge on any atom is 0.490 e. The molecule has 19 heteroatoms. The number of carboxylic acids is 2. The first kappa shape index (κ1) is 37.4. The van der Waals surface area contributed by atoms with Crippen LogP contribution in [0.3, 0.4) is 0 Å². The fourth-order valence-corrected chi connectivity index (χ4v) is 3.87. The maximum absolute atomic E-state index is 12.9. The molecule has 252 valence electrons. The molecule has 0 saturated carbocycles. The van der Waals surface area contributed by atoms with Crippen LogP contribution in [0.25, 0.3) is 11.1 Å². The number of halogens is 8. The number of aromatic nitrogens is 3. The number of nitrogens with one attached hydrogen (secondary N) is 1. The Bertz CT molecular complexity index is 1520. The normalized spacial score (nSPS) is 13.1. The summed E-state index contributed by atoms with van der Waals surface area (Å²) in [5.41, 5.74) is 8.78. The molecule has 11 nitrogen and oxygen atoms in total. The van der Waals surface area contributed by atoms with E-state index in [0.29, 0.717) is 0 Å². The SMILES string of the molecule is NCC(Cn1ncn(Cc2ccccc2-c2ccc(N3CCNCC3)cc2)c1=O)=C(F)F.O=C(O)C(F)(F)F.O=C(O)C(F)(F)F. The summed E-state index contributed by atoms with van der Waals surface area (Å²) < 4.78 is 91.7. The number of benzene rings is 2. The van der Waals surface area contributed by atoms with Gasteiger partial charge in [0, 0.05) is 44.0 Å². The fraction of sp³-hybridized carbons (Fsp3) is 0.333. The van der Waals surface area contributed by atoms with Crippen LogP contribution in [0.4, 0.5) is 40.8 Å². The Labute approximate surface area is 255 Å². The average Bonchev–Trinajstić information content (AvgIpc) is 3.34. The van der Waals surface area contributed by atoms with E-state index >= 15 is 0 Å². The number of hydrogen-bond donors (Lipinski definition) is 4. The Kier molecular flexibility index (Phi) is 13.4. The first-order valence-electron chi connectivity index (χ1n) is 13.0. The van der Waals surface area contributed by atoms with E-state index in [1.807, 2.05) is 24.3 Å². The summed E-state index contributed by atoms with van der Waals surface area (Å²) in [7, 11) is 0. The molecule has 0 radical (unpaired) electrons. The van der Waals surface area contributed by atoms with Gasteiger partial charge in [-0.15, -0.1) is 0 Å². The Morgan fingerprint density at radius 3 is 1.89 bits per heavy atom. The quantitative estimate of drug-likeness (QED) is 0.277. The number of carbonyl (C=O) groups is 2. The number of hydrogen-bond acceptors (Lipinski definition) is 7. The van der Waals surface area contributed by atoms with Crippen molar-refractivity contribution < 1.29 is 54.9 Å². The number of aliphatic carboxylic acids is 2. The number of rotatable bonds is 7. The third-order valence-corrected chi connectivity index (χ3v) is 6.15. The van der Waals surface area contributed by atoms with E-state index in [-0.39, 0.29) is 25.2 Å². The van der Waals surface area contributed by atoms with E-state index < -0.39 is 36.1 Å². The highest BCUT2D eigenvalue weighted by atomic mass is 19.4. The molecule has 5 N–H and O–H groups in total. The molecule has 2 aromatic carbocycles. The van der Waals surface area contributed by atoms with Crippen LogP contribution in [0.15, 0.2) is 71.3 Å². The molecule has 0 unspecified atom stereocenters. The lowest BCUT2D eigenvalue weighted by molar-refractivity contribution is -0.193. The van der Waals surface area contributed by atoms with Crippen LogP contribution in [-0.4, -0.2) is 81.6 Å². The summed E-state index contributed by atoms with van der Waals surface area (Å²) in [6.07, 6.45) is -10.7. The van der Waals surface area contributed by atoms with Crippen LogP contribution < -0.4 is 21.6 Å². The minimum atomic E-state index is -5.08. The molecule has 1 aliphatic heterocycles. The zero-order valence-electron chi connectivity index (χ0n) is 23.7. The van der Waals surface area contributed by atoms with Crippen molar-refractivity contribution >= 4 is 17.6 Å². The van der Waals surface area contributed by atoms with Crippen LogP contribution in [-0.2, 0) is 22.7 Å². The van der Waals surface area contributed by atoms with Gasteiger partial charge in [0.1, 0.15) is 6.33 Å². The van der Waals surface area contributed by atoms with Crippen LogP contribution in [0.1, 0.15) is 5.56 Å². The van der Waals surface area contributed by atoms with E-state index in [9.17, 15) is 39.9 Å². The van der Waals surface area contributed by atoms with Crippen molar-refractivity contribution in [1.29, 1.82) is 0 Å². The van der Waals surface area contributed by atoms with Gasteiger partial charge in [-0.1, -0.05) is 36.4 Å². The van der Waals surface area contributed by atoms with Gasteiger partial charge >= 0.3 is 30.0 Å². The van der Waals surface area contributed by atoms with Crippen molar-refractivity contribution in [2.24, 2.45) is 5.73 Å². The van der Waals surface area contributed by atoms with Crippen molar-refractivity contribution in [3.8, 4) is 11.1 Å². The zero-order valence-corrected chi connectivity index (χ0v) is 23.7. The lowest BCUT2D eigenvalue weighted by Gasteiger charge is -2.29. The van der Waals surface area contributed by atoms with E-state index in [2.05, 4.69) is 39.6 Å². The van der Waals surface area contributed by atoms with Gasteiger partial charge in [0.2, 0.25) is 0 Å². The Morgan fingerprint density at radius 1 is 0.891 bits per heavy atom. The molecule has 0 aliphatic carbocycles. The van der Waals surface area contributed by atoms with Crippen molar-refractivity contribution in [2.75, 3.05) is 37.6 Å². The van der Waals surface area contributed by atoms with E-state index in [0.717, 1.165) is 47.6 Å². The third-order valence-electron chi connectivity index (χ3n) is 6.15. The molecule has 3 aromatic rings. The molecular weight excluding hydrogens is 640 g/mol. The van der Waals surface area contributed by atoms with Gasteiger partial charge in [-0.3, -0.25) is 4.57 Å². The minimum Gasteiger partial charge on any atom is -0.475 e. The van der Waals surface area contributed by atoms with Gasteiger partial charge in [-0.2, -0.15) is 40.2 Å². The molecular formula is C27H28F8N6O5. The number of nitrogens with zero attached hydrogens (tertiary/aromatic N) is 4. The highest BCUT2D eigenvalue weighted by molar-refractivity contribution is 5.73. The van der Waals surface area contributed by atoms with Crippen molar-refractivity contribution in [3.63, 3.8) is 0 Å². The summed E-state index contributed by atoms with van der Waals surface area (Å²) in [5, 5.41) is 21.6. The molecule has 1 aliphatic rings. The Hall–Kier alpha value is -4.78. The molecule has 46 heavy (non-hydrogen) atoms. The van der Waals surface area contributed by atoms with E-state index in [1.54, 1.807) is 0 Å². The number of alkyl halides is 6. The fourth-order valence-electron chi connectivity index (χ4n) is 3.87. The molecule has 1 saturated heterocycles. The van der Waals surface area contributed by atoms with E-state index in [1.165, 1.54) is 16.6 Å². The topological polar surface area (TPSA) is 156 Å². The average molecular weight is 669 g/mol. The predicted molar refractivity (Wildman–Crippen MR) is 148 cm³/mol. The molecule has 2 heterocycles. The molecule has 1 aromatic heterocycles. The number of piperazine rings is 1. The number of anilines is 1. The number of carboxylic acid groups (broad SMARTS) is 2. The zero-order chi connectivity index (χ0) is 34.7. The molecule has 0 atom stereocenters. The van der Waals surface area contributed by atoms with Crippen LogP contribution in [0, 0.1) is 0 Å². The second-order valence-corrected chi connectivity index (χ2v) is 9.31. The largest absolute Gasteiger partial charge is 0.490 e. The second kappa shape index (κ2) is 16.5. The van der Waals surface area contributed by atoms with Gasteiger partial charge in [-0.25, -0.2) is 19.1 Å². The summed E-state index contributed by atoms with van der Waals surface area (Å²) in [6, 6.07) is 16.2. The first-order valence-corrected chi connectivity index (χ1v) is 13.0. The molecule has 0 bridgehead atoms. The van der Waals surface area contributed by atoms with Gasteiger partial charge < -0.3 is 26.2 Å². The van der Waals surface area contributed by atoms with Gasteiger partial charge in [0.25, 0.3) is 6.08 Å². The Balaban J connectivity index is 0.000000440. The Morgan fingerprint density at radius 2 is 1.41 bits per heavy atom. The smallest absolute Gasteiger partial charge is 0.475 e. The van der Waals surface area contributed by atoms with Gasteiger partial charge in [0.05, 0.1) is 13.1 Å². The summed E-state index contributed by atoms with van der Waals surface area (Å²) in [4.78, 5) is 32.8. The third kappa shape index (κ3) is 11.3. The highest BCUT2D eigenvalue weighted by Crippen LogP contribution is 2.27. The second-order valence-electron chi connectivity index (χ2n) is 9.31. The predicted octanol–water partition coefficient (Wildman–Crippen LogP) is 3.55. The lowest BCUT2D eigenvalue weighted by atomic mass is 9.99. The van der Waals surface area contributed by atoms with Gasteiger partial charge in [-0.05, 0) is 28.8 Å². The van der Waals surface area contributed by atoms with Crippen molar-refractivity contribution in [1.82, 2.24) is 19.7 Å². The van der Waals surface area contributed by atoms with Crippen molar-refractivity contribution in [3.05, 3.63) is 82.6 Å². The first-order chi connectivity index (χ1) is 21.4. The van der Waals surface area contributed by atoms with Gasteiger partial charge in [0.15, 0.2) is 0 Å². The maximum atomic E-state index is 12.9. The highest BCUT2D eigenvalue weighted by Gasteiger charge is 2.38. The summed E-state index contributed by atoms with van der Waals surface area (Å²) in [6.45, 7) is 3.57. The van der Waals surface area contributed by atoms with Crippen LogP contribution in [0.2, 0.25) is 0 Å². The summed E-state index contributed by atoms with van der Waals surface area (Å²) in [5.74, 6) is -5.51. The van der Waals surface area contributed by atoms with E-state index in [4.69, 9.17) is 25.5 Å². The lowest BCUT2D eigenvalue weighted by Crippen LogP contribution is -2.43. The standard InChI is InChI=1S/C23H26F2N6O.2C2HF3O2/c24-22(25)19(13-26)15-31-23(32)30(16-28-31)14-18-3-1-2-4-21(18)17-5-7-20(8-6-17)29-11-9-27-10-12-29;2*3-2(4,5)1(6)7/h1-8,16,27H,9-15,26H2;2*(H,6,7). The monoisotopic (exact) mass is 668 g/mol. The molecule has 0 spiro atoms. The molecule has 0 amide bonds.